The van der Waals surface area contributed by atoms with Gasteiger partial charge in [-0.15, -0.1) is 0 Å². The molecule has 0 unspecified atom stereocenters. The lowest BCUT2D eigenvalue weighted by molar-refractivity contribution is -0.0168. The quantitative estimate of drug-likeness (QED) is 0.543. The van der Waals surface area contributed by atoms with E-state index >= 15 is 0 Å². The van der Waals surface area contributed by atoms with E-state index in [1.165, 1.54) is 0 Å². The fourth-order valence-electron chi connectivity index (χ4n) is 1.65. The van der Waals surface area contributed by atoms with Gasteiger partial charge in [-0.05, 0) is 0 Å². The zero-order chi connectivity index (χ0) is 7.84. The molecule has 0 aromatic heterocycles. The Morgan fingerprint density at radius 3 is 2.73 bits per heavy atom. The van der Waals surface area contributed by atoms with Crippen LogP contribution < -0.4 is 0 Å². The van der Waals surface area contributed by atoms with Crippen molar-refractivity contribution in [1.82, 2.24) is 0 Å². The first-order chi connectivity index (χ1) is 5.33. The van der Waals surface area contributed by atoms with Crippen LogP contribution in [0.25, 0.3) is 0 Å². The van der Waals surface area contributed by atoms with Crippen molar-refractivity contribution in [2.45, 2.75) is 24.4 Å². The highest BCUT2D eigenvalue weighted by atomic mass is 16.6. The van der Waals surface area contributed by atoms with Gasteiger partial charge in [-0.1, -0.05) is 0 Å². The highest BCUT2D eigenvalue weighted by Gasteiger charge is 2.47. The Hall–Kier alpha value is -0.160. The van der Waals surface area contributed by atoms with Crippen molar-refractivity contribution >= 4 is 0 Å². The molecule has 0 saturated carbocycles. The van der Waals surface area contributed by atoms with Crippen LogP contribution in [0.1, 0.15) is 0 Å². The van der Waals surface area contributed by atoms with Gasteiger partial charge in [0, 0.05) is 7.11 Å². The van der Waals surface area contributed by atoms with E-state index in [0.29, 0.717) is 13.2 Å². The molecule has 0 radical (unpaired) electrons. The first-order valence-electron chi connectivity index (χ1n) is 3.77. The molecule has 2 aliphatic heterocycles. The van der Waals surface area contributed by atoms with Crippen molar-refractivity contribution in [3.63, 3.8) is 0 Å². The third-order valence-corrected chi connectivity index (χ3v) is 2.28. The third kappa shape index (κ3) is 1.06. The summed E-state index contributed by atoms with van der Waals surface area (Å²) >= 11 is 0. The Balaban J connectivity index is 2.04. The smallest absolute Gasteiger partial charge is 0.115 e. The van der Waals surface area contributed by atoms with Gasteiger partial charge < -0.3 is 19.3 Å². The molecule has 2 fully saturated rings. The minimum absolute atomic E-state index is 0.00264. The molecular formula is C7H12O4. The molecule has 2 aliphatic rings. The van der Waals surface area contributed by atoms with Gasteiger partial charge in [-0.3, -0.25) is 0 Å². The van der Waals surface area contributed by atoms with E-state index in [-0.39, 0.29) is 18.3 Å². The van der Waals surface area contributed by atoms with Gasteiger partial charge in [0.1, 0.15) is 24.4 Å². The molecule has 4 heteroatoms. The van der Waals surface area contributed by atoms with Crippen LogP contribution in [0.3, 0.4) is 0 Å². The van der Waals surface area contributed by atoms with Crippen molar-refractivity contribution in [2.75, 3.05) is 20.3 Å². The van der Waals surface area contributed by atoms with Gasteiger partial charge in [-0.2, -0.15) is 0 Å². The van der Waals surface area contributed by atoms with Crippen LogP contribution in [0, 0.1) is 0 Å². The average molecular weight is 160 g/mol. The third-order valence-electron chi connectivity index (χ3n) is 2.28. The number of ether oxygens (including phenoxy) is 3. The highest BCUT2D eigenvalue weighted by molar-refractivity contribution is 4.94. The van der Waals surface area contributed by atoms with E-state index in [4.69, 9.17) is 14.2 Å². The molecule has 4 nitrogen and oxygen atoms in total. The molecule has 2 rings (SSSR count). The summed E-state index contributed by atoms with van der Waals surface area (Å²) in [6.45, 7) is 0.901. The number of hydrogen-bond donors (Lipinski definition) is 1. The van der Waals surface area contributed by atoms with E-state index in [9.17, 15) is 5.11 Å². The van der Waals surface area contributed by atoms with Gasteiger partial charge in [0.05, 0.1) is 13.2 Å². The highest BCUT2D eigenvalue weighted by Crippen LogP contribution is 2.28. The molecule has 0 amide bonds. The van der Waals surface area contributed by atoms with Crippen LogP contribution in [0.15, 0.2) is 0 Å². The predicted octanol–water partition coefficient (Wildman–Crippen LogP) is -0.840. The van der Waals surface area contributed by atoms with E-state index in [0.717, 1.165) is 0 Å². The lowest BCUT2D eigenvalue weighted by Gasteiger charge is -2.12. The van der Waals surface area contributed by atoms with Crippen LogP contribution in [-0.4, -0.2) is 49.8 Å². The van der Waals surface area contributed by atoms with Gasteiger partial charge in [0.25, 0.3) is 0 Å². The largest absolute Gasteiger partial charge is 0.388 e. The molecular weight excluding hydrogens is 148 g/mol. The molecule has 0 aliphatic carbocycles. The average Bonchev–Trinajstić information content (AvgIpc) is 2.53. The Bertz CT molecular complexity index is 149. The standard InChI is InChI=1S/C7H12O4/c1-9-5-3-11-6-4(8)2-10-7(5)6/h4-8H,2-3H2,1H3/t4-,5-,6-,7+/m1/s1. The zero-order valence-corrected chi connectivity index (χ0v) is 6.40. The predicted molar refractivity (Wildman–Crippen MR) is 36.3 cm³/mol. The number of rotatable bonds is 1. The normalized spacial score (nSPS) is 49.6. The lowest BCUT2D eigenvalue weighted by atomic mass is 10.1. The summed E-state index contributed by atoms with van der Waals surface area (Å²) in [4.78, 5) is 0. The molecule has 0 aromatic carbocycles. The molecule has 0 aromatic rings. The van der Waals surface area contributed by atoms with Gasteiger partial charge in [0.15, 0.2) is 0 Å². The zero-order valence-electron chi connectivity index (χ0n) is 6.40. The minimum Gasteiger partial charge on any atom is -0.388 e. The maximum absolute atomic E-state index is 9.31. The topological polar surface area (TPSA) is 47.9 Å². The van der Waals surface area contributed by atoms with Crippen LogP contribution in [0.5, 0.6) is 0 Å². The van der Waals surface area contributed by atoms with Gasteiger partial charge >= 0.3 is 0 Å². The molecule has 2 saturated heterocycles. The second-order valence-corrected chi connectivity index (χ2v) is 2.94. The van der Waals surface area contributed by atoms with Crippen LogP contribution in [0.2, 0.25) is 0 Å². The SMILES string of the molecule is CO[C@@H]1CO[C@H]2[C@H]1OC[C@H]2O. The van der Waals surface area contributed by atoms with Crippen molar-refractivity contribution in [2.24, 2.45) is 0 Å². The molecule has 0 spiro atoms. The maximum Gasteiger partial charge on any atom is 0.115 e. The summed E-state index contributed by atoms with van der Waals surface area (Å²) in [6.07, 6.45) is -0.702. The molecule has 11 heavy (non-hydrogen) atoms. The number of hydrogen-bond acceptors (Lipinski definition) is 4. The summed E-state index contributed by atoms with van der Waals surface area (Å²) in [7, 11) is 1.63. The first-order valence-corrected chi connectivity index (χ1v) is 3.77. The number of aliphatic hydroxyl groups excluding tert-OH is 1. The van der Waals surface area contributed by atoms with Crippen LogP contribution in [-0.2, 0) is 14.2 Å². The fourth-order valence-corrected chi connectivity index (χ4v) is 1.65. The van der Waals surface area contributed by atoms with Crippen molar-refractivity contribution in [3.05, 3.63) is 0 Å². The van der Waals surface area contributed by atoms with E-state index in [1.807, 2.05) is 0 Å². The molecule has 4 atom stereocenters. The van der Waals surface area contributed by atoms with E-state index in [1.54, 1.807) is 7.11 Å². The molecule has 0 bridgehead atoms. The molecule has 2 heterocycles. The van der Waals surface area contributed by atoms with Crippen molar-refractivity contribution < 1.29 is 19.3 Å². The van der Waals surface area contributed by atoms with E-state index in [2.05, 4.69) is 0 Å². The lowest BCUT2D eigenvalue weighted by Crippen LogP contribution is -2.32. The maximum atomic E-state index is 9.31. The monoisotopic (exact) mass is 160 g/mol. The molecule has 64 valence electrons. The Morgan fingerprint density at radius 1 is 1.27 bits per heavy atom. The summed E-state index contributed by atoms with van der Waals surface area (Å²) in [6, 6.07) is 0. The number of methoxy groups -OCH3 is 1. The van der Waals surface area contributed by atoms with Gasteiger partial charge in [0.2, 0.25) is 0 Å². The van der Waals surface area contributed by atoms with Crippen molar-refractivity contribution in [3.8, 4) is 0 Å². The number of aliphatic hydroxyl groups is 1. The summed E-state index contributed by atoms with van der Waals surface area (Å²) in [5, 5.41) is 9.31. The Kier molecular flexibility index (Phi) is 1.85. The summed E-state index contributed by atoms with van der Waals surface area (Å²) in [5.41, 5.74) is 0. The van der Waals surface area contributed by atoms with Crippen LogP contribution in [0.4, 0.5) is 0 Å². The second kappa shape index (κ2) is 2.71. The van der Waals surface area contributed by atoms with Crippen LogP contribution >= 0.6 is 0 Å². The Morgan fingerprint density at radius 2 is 2.00 bits per heavy atom. The van der Waals surface area contributed by atoms with Crippen molar-refractivity contribution in [1.29, 1.82) is 0 Å². The van der Waals surface area contributed by atoms with Gasteiger partial charge in [-0.25, -0.2) is 0 Å². The number of fused-ring (bicyclic) bond motifs is 1. The second-order valence-electron chi connectivity index (χ2n) is 2.94. The Labute approximate surface area is 65.1 Å². The summed E-state index contributed by atoms with van der Waals surface area (Å²) in [5.74, 6) is 0. The molecule has 1 N–H and O–H groups in total. The minimum atomic E-state index is -0.472. The summed E-state index contributed by atoms with van der Waals surface area (Å²) < 4.78 is 15.7. The van der Waals surface area contributed by atoms with E-state index < -0.39 is 6.10 Å². The first kappa shape index (κ1) is 7.49. The fraction of sp³-hybridized carbons (Fsp3) is 1.00.